The van der Waals surface area contributed by atoms with Crippen LogP contribution in [0.1, 0.15) is 29.4 Å². The maximum Gasteiger partial charge on any atom is 0.119 e. The van der Waals surface area contributed by atoms with E-state index in [0.29, 0.717) is 17.6 Å². The third-order valence-electron chi connectivity index (χ3n) is 4.31. The summed E-state index contributed by atoms with van der Waals surface area (Å²) >= 11 is 0. The highest BCUT2D eigenvalue weighted by Crippen LogP contribution is 2.56. The van der Waals surface area contributed by atoms with Crippen LogP contribution < -0.4 is 0 Å². The lowest BCUT2D eigenvalue weighted by atomic mass is 10.00. The quantitative estimate of drug-likeness (QED) is 0.700. The summed E-state index contributed by atoms with van der Waals surface area (Å²) in [4.78, 5) is 0. The first-order valence-electron chi connectivity index (χ1n) is 7.09. The molecular formula is C19H16O. The van der Waals surface area contributed by atoms with E-state index in [1.54, 1.807) is 0 Å². The predicted octanol–water partition coefficient (Wildman–Crippen LogP) is 4.82. The average Bonchev–Trinajstić information content (AvgIpc) is 3.28. The molecule has 0 saturated heterocycles. The number of hydrogen-bond acceptors (Lipinski definition) is 1. The molecule has 2 unspecified atom stereocenters. The van der Waals surface area contributed by atoms with Crippen molar-refractivity contribution in [3.05, 3.63) is 77.9 Å². The topological polar surface area (TPSA) is 20.2 Å². The molecule has 0 heterocycles. The molecule has 0 radical (unpaired) electrons. The van der Waals surface area contributed by atoms with Gasteiger partial charge in [0.25, 0.3) is 0 Å². The van der Waals surface area contributed by atoms with Gasteiger partial charge in [-0.15, -0.1) is 0 Å². The molecule has 1 aliphatic carbocycles. The number of hydrogen-bond donors (Lipinski definition) is 1. The summed E-state index contributed by atoms with van der Waals surface area (Å²) < 4.78 is 0. The Labute approximate surface area is 118 Å². The minimum absolute atomic E-state index is 0.437. The maximum atomic E-state index is 10.3. The van der Waals surface area contributed by atoms with Gasteiger partial charge in [0.15, 0.2) is 0 Å². The summed E-state index contributed by atoms with van der Waals surface area (Å²) in [6, 6.07) is 22.8. The van der Waals surface area contributed by atoms with Crippen LogP contribution >= 0.6 is 0 Å². The van der Waals surface area contributed by atoms with Crippen LogP contribution in [0.5, 0.6) is 5.75 Å². The van der Waals surface area contributed by atoms with Crippen molar-refractivity contribution in [1.29, 1.82) is 0 Å². The molecule has 0 spiro atoms. The van der Waals surface area contributed by atoms with E-state index in [1.165, 1.54) is 10.9 Å². The van der Waals surface area contributed by atoms with E-state index in [1.807, 2.05) is 30.3 Å². The number of rotatable bonds is 2. The van der Waals surface area contributed by atoms with Crippen LogP contribution in [0.3, 0.4) is 0 Å². The van der Waals surface area contributed by atoms with Crippen molar-refractivity contribution in [3.63, 3.8) is 0 Å². The molecule has 3 aromatic rings. The molecule has 1 fully saturated rings. The summed E-state index contributed by atoms with van der Waals surface area (Å²) in [7, 11) is 0. The number of phenols is 1. The maximum absolute atomic E-state index is 10.3. The second-order valence-electron chi connectivity index (χ2n) is 5.62. The number of benzene rings is 3. The monoisotopic (exact) mass is 260 g/mol. The first-order valence-corrected chi connectivity index (χ1v) is 7.09. The summed E-state index contributed by atoms with van der Waals surface area (Å²) in [5.74, 6) is 1.46. The molecule has 1 aliphatic rings. The Balaban J connectivity index is 1.72. The Morgan fingerprint density at radius 1 is 0.750 bits per heavy atom. The first kappa shape index (κ1) is 11.5. The van der Waals surface area contributed by atoms with E-state index in [-0.39, 0.29) is 0 Å². The molecule has 4 rings (SSSR count). The molecule has 20 heavy (non-hydrogen) atoms. The number of fused-ring (bicyclic) bond motifs is 1. The SMILES string of the molecule is Oc1cc2ccccc2cc1C1CC1c1ccccc1. The zero-order chi connectivity index (χ0) is 13.5. The summed E-state index contributed by atoms with van der Waals surface area (Å²) in [6.07, 6.45) is 1.13. The zero-order valence-electron chi connectivity index (χ0n) is 11.2. The molecule has 1 heteroatoms. The molecule has 3 aromatic carbocycles. The molecule has 0 amide bonds. The van der Waals surface area contributed by atoms with Gasteiger partial charge in [0, 0.05) is 0 Å². The third kappa shape index (κ3) is 1.87. The van der Waals surface area contributed by atoms with Crippen LogP contribution in [0.2, 0.25) is 0 Å². The fourth-order valence-electron chi connectivity index (χ4n) is 3.15. The van der Waals surface area contributed by atoms with E-state index >= 15 is 0 Å². The highest BCUT2D eigenvalue weighted by molar-refractivity contribution is 5.85. The Morgan fingerprint density at radius 2 is 1.40 bits per heavy atom. The average molecular weight is 260 g/mol. The zero-order valence-corrected chi connectivity index (χ0v) is 11.2. The van der Waals surface area contributed by atoms with Gasteiger partial charge in [-0.3, -0.25) is 0 Å². The van der Waals surface area contributed by atoms with Crippen LogP contribution in [0, 0.1) is 0 Å². The van der Waals surface area contributed by atoms with Crippen molar-refractivity contribution in [3.8, 4) is 5.75 Å². The second-order valence-corrected chi connectivity index (χ2v) is 5.62. The lowest BCUT2D eigenvalue weighted by Gasteiger charge is -2.07. The van der Waals surface area contributed by atoms with Crippen LogP contribution in [0.25, 0.3) is 10.8 Å². The van der Waals surface area contributed by atoms with E-state index in [9.17, 15) is 5.11 Å². The van der Waals surface area contributed by atoms with E-state index in [2.05, 4.69) is 36.4 Å². The highest BCUT2D eigenvalue weighted by atomic mass is 16.3. The van der Waals surface area contributed by atoms with Gasteiger partial charge < -0.3 is 5.11 Å². The van der Waals surface area contributed by atoms with Crippen LogP contribution in [0.15, 0.2) is 66.7 Å². The molecule has 0 aliphatic heterocycles. The van der Waals surface area contributed by atoms with Crippen molar-refractivity contribution in [2.24, 2.45) is 0 Å². The largest absolute Gasteiger partial charge is 0.508 e. The van der Waals surface area contributed by atoms with Gasteiger partial charge in [0.1, 0.15) is 5.75 Å². The second kappa shape index (κ2) is 4.38. The molecule has 2 atom stereocenters. The van der Waals surface area contributed by atoms with Gasteiger partial charge in [0.05, 0.1) is 0 Å². The third-order valence-corrected chi connectivity index (χ3v) is 4.31. The lowest BCUT2D eigenvalue weighted by molar-refractivity contribution is 0.469. The normalized spacial score (nSPS) is 21.0. The standard InChI is InChI=1S/C19H16O/c20-19-11-15-9-5-4-8-14(15)10-18(19)17-12-16(17)13-6-2-1-3-7-13/h1-11,16-17,20H,12H2. The minimum Gasteiger partial charge on any atom is -0.508 e. The van der Waals surface area contributed by atoms with E-state index in [0.717, 1.165) is 17.4 Å². The van der Waals surface area contributed by atoms with Gasteiger partial charge in [-0.2, -0.15) is 0 Å². The van der Waals surface area contributed by atoms with Gasteiger partial charge in [-0.1, -0.05) is 54.6 Å². The van der Waals surface area contributed by atoms with E-state index in [4.69, 9.17) is 0 Å². The van der Waals surface area contributed by atoms with Gasteiger partial charge in [0.2, 0.25) is 0 Å². The highest BCUT2D eigenvalue weighted by Gasteiger charge is 2.40. The van der Waals surface area contributed by atoms with Crippen molar-refractivity contribution in [2.75, 3.05) is 0 Å². The number of aromatic hydroxyl groups is 1. The Kier molecular flexibility index (Phi) is 2.53. The van der Waals surface area contributed by atoms with Crippen molar-refractivity contribution < 1.29 is 5.11 Å². The first-order chi connectivity index (χ1) is 9.83. The molecule has 1 N–H and O–H groups in total. The molecule has 98 valence electrons. The molecule has 0 bridgehead atoms. The van der Waals surface area contributed by atoms with Crippen molar-refractivity contribution in [1.82, 2.24) is 0 Å². The van der Waals surface area contributed by atoms with Crippen LogP contribution in [-0.4, -0.2) is 5.11 Å². The van der Waals surface area contributed by atoms with Gasteiger partial charge in [-0.05, 0) is 52.3 Å². The van der Waals surface area contributed by atoms with E-state index < -0.39 is 0 Å². The Hall–Kier alpha value is -2.28. The Morgan fingerprint density at radius 3 is 2.15 bits per heavy atom. The summed E-state index contributed by atoms with van der Waals surface area (Å²) in [6.45, 7) is 0. The lowest BCUT2D eigenvalue weighted by Crippen LogP contribution is -1.86. The molecule has 1 nitrogen and oxygen atoms in total. The summed E-state index contributed by atoms with van der Waals surface area (Å²) in [5, 5.41) is 12.6. The number of phenolic OH excluding ortho intramolecular Hbond substituents is 1. The van der Waals surface area contributed by atoms with Gasteiger partial charge in [-0.25, -0.2) is 0 Å². The van der Waals surface area contributed by atoms with Crippen molar-refractivity contribution >= 4 is 10.8 Å². The molecule has 1 saturated carbocycles. The smallest absolute Gasteiger partial charge is 0.119 e. The van der Waals surface area contributed by atoms with Crippen LogP contribution in [-0.2, 0) is 0 Å². The molecule has 0 aromatic heterocycles. The van der Waals surface area contributed by atoms with Crippen molar-refractivity contribution in [2.45, 2.75) is 18.3 Å². The fraction of sp³-hybridized carbons (Fsp3) is 0.158. The fourth-order valence-corrected chi connectivity index (χ4v) is 3.15. The molecular weight excluding hydrogens is 244 g/mol. The van der Waals surface area contributed by atoms with Gasteiger partial charge >= 0.3 is 0 Å². The van der Waals surface area contributed by atoms with Crippen LogP contribution in [0.4, 0.5) is 0 Å². The summed E-state index contributed by atoms with van der Waals surface area (Å²) in [5.41, 5.74) is 2.47. The predicted molar refractivity (Wildman–Crippen MR) is 82.2 cm³/mol. The minimum atomic E-state index is 0.437. The Bertz CT molecular complexity index is 761.